The molecule has 0 atom stereocenters. The Balaban J connectivity index is 1.72. The van der Waals surface area contributed by atoms with Gasteiger partial charge in [-0.1, -0.05) is 6.07 Å². The summed E-state index contributed by atoms with van der Waals surface area (Å²) in [5, 5.41) is 8.00. The van der Waals surface area contributed by atoms with E-state index in [1.807, 2.05) is 0 Å². The lowest BCUT2D eigenvalue weighted by molar-refractivity contribution is -0.141. The van der Waals surface area contributed by atoms with Crippen LogP contribution in [0.1, 0.15) is 11.7 Å². The number of pyridine rings is 1. The van der Waals surface area contributed by atoms with Gasteiger partial charge in [0.25, 0.3) is 0 Å². The molecule has 0 radical (unpaired) electrons. The molecule has 0 spiro atoms. The molecular formula is C11H10F3N5. The molecule has 2 aromatic rings. The molecule has 0 bridgehead atoms. The van der Waals surface area contributed by atoms with Crippen molar-refractivity contribution in [3.63, 3.8) is 0 Å². The van der Waals surface area contributed by atoms with Crippen molar-refractivity contribution in [2.45, 2.75) is 12.2 Å². The highest BCUT2D eigenvalue weighted by Gasteiger charge is 2.35. The first-order chi connectivity index (χ1) is 9.04. The van der Waals surface area contributed by atoms with Gasteiger partial charge >= 0.3 is 6.18 Å². The monoisotopic (exact) mass is 269 g/mol. The Labute approximate surface area is 106 Å². The summed E-state index contributed by atoms with van der Waals surface area (Å²) in [6.45, 7) is 1.12. The minimum atomic E-state index is -4.41. The third-order valence-corrected chi connectivity index (χ3v) is 2.97. The molecule has 100 valence electrons. The van der Waals surface area contributed by atoms with Gasteiger partial charge in [0.2, 0.25) is 0 Å². The quantitative estimate of drug-likeness (QED) is 0.833. The van der Waals surface area contributed by atoms with Gasteiger partial charge < -0.3 is 4.90 Å². The summed E-state index contributed by atoms with van der Waals surface area (Å²) in [4.78, 5) is 6.96. The maximum absolute atomic E-state index is 12.5. The number of halogens is 3. The van der Waals surface area contributed by atoms with E-state index in [9.17, 15) is 13.2 Å². The number of hydrogen-bond acceptors (Lipinski definition) is 4. The van der Waals surface area contributed by atoms with Gasteiger partial charge in [-0.15, -0.1) is 0 Å². The van der Waals surface area contributed by atoms with Crippen molar-refractivity contribution >= 4 is 5.82 Å². The summed E-state index contributed by atoms with van der Waals surface area (Å²) >= 11 is 0. The molecule has 3 rings (SSSR count). The minimum Gasteiger partial charge on any atom is -0.352 e. The van der Waals surface area contributed by atoms with Crippen molar-refractivity contribution in [3.05, 3.63) is 36.3 Å². The molecule has 0 N–H and O–H groups in total. The lowest BCUT2D eigenvalue weighted by Gasteiger charge is -2.39. The van der Waals surface area contributed by atoms with Gasteiger partial charge in [0, 0.05) is 13.1 Å². The van der Waals surface area contributed by atoms with Crippen LogP contribution in [-0.4, -0.2) is 33.1 Å². The van der Waals surface area contributed by atoms with Crippen molar-refractivity contribution in [2.24, 2.45) is 0 Å². The molecular weight excluding hydrogens is 259 g/mol. The smallest absolute Gasteiger partial charge is 0.352 e. The Hall–Kier alpha value is -2.12. The number of alkyl halides is 3. The lowest BCUT2D eigenvalue weighted by Crippen LogP contribution is -2.49. The molecule has 0 aromatic carbocycles. The van der Waals surface area contributed by atoms with Gasteiger partial charge in [-0.05, 0) is 12.1 Å². The van der Waals surface area contributed by atoms with Crippen molar-refractivity contribution in [3.8, 4) is 0 Å². The SMILES string of the molecule is FC(F)(F)c1cccc(N2CC(n3nccn3)C2)n1. The third kappa shape index (κ3) is 2.25. The van der Waals surface area contributed by atoms with Crippen LogP contribution >= 0.6 is 0 Å². The Kier molecular flexibility index (Phi) is 2.65. The molecule has 19 heavy (non-hydrogen) atoms. The molecule has 0 amide bonds. The minimum absolute atomic E-state index is 0.0892. The fraction of sp³-hybridized carbons (Fsp3) is 0.364. The topological polar surface area (TPSA) is 46.8 Å². The highest BCUT2D eigenvalue weighted by molar-refractivity contribution is 5.43. The van der Waals surface area contributed by atoms with Gasteiger partial charge in [0.1, 0.15) is 17.6 Å². The number of nitrogens with zero attached hydrogens (tertiary/aromatic N) is 5. The molecule has 0 aliphatic carbocycles. The Bertz CT molecular complexity index is 560. The highest BCUT2D eigenvalue weighted by atomic mass is 19.4. The van der Waals surface area contributed by atoms with E-state index in [0.717, 1.165) is 6.07 Å². The molecule has 8 heteroatoms. The van der Waals surface area contributed by atoms with E-state index in [2.05, 4.69) is 15.2 Å². The zero-order valence-electron chi connectivity index (χ0n) is 9.75. The fourth-order valence-corrected chi connectivity index (χ4v) is 1.96. The molecule has 1 aliphatic heterocycles. The summed E-state index contributed by atoms with van der Waals surface area (Å²) in [6.07, 6.45) is -1.26. The van der Waals surface area contributed by atoms with Crippen molar-refractivity contribution in [1.82, 2.24) is 20.0 Å². The zero-order valence-corrected chi connectivity index (χ0v) is 9.75. The second-order valence-corrected chi connectivity index (χ2v) is 4.29. The van der Waals surface area contributed by atoms with E-state index >= 15 is 0 Å². The van der Waals surface area contributed by atoms with Crippen LogP contribution in [0.25, 0.3) is 0 Å². The van der Waals surface area contributed by atoms with Crippen LogP contribution < -0.4 is 4.90 Å². The molecule has 3 heterocycles. The summed E-state index contributed by atoms with van der Waals surface area (Å²) in [6, 6.07) is 3.99. The molecule has 1 aliphatic rings. The molecule has 0 saturated carbocycles. The van der Waals surface area contributed by atoms with Gasteiger partial charge in [0.15, 0.2) is 0 Å². The number of aromatic nitrogens is 4. The Morgan fingerprint density at radius 2 is 1.79 bits per heavy atom. The van der Waals surface area contributed by atoms with Gasteiger partial charge in [-0.25, -0.2) is 4.98 Å². The van der Waals surface area contributed by atoms with E-state index in [-0.39, 0.29) is 6.04 Å². The maximum atomic E-state index is 12.5. The van der Waals surface area contributed by atoms with Crippen LogP contribution in [0, 0.1) is 0 Å². The molecule has 2 aromatic heterocycles. The predicted octanol–water partition coefficient (Wildman–Crippen LogP) is 1.75. The predicted molar refractivity (Wildman–Crippen MR) is 60.5 cm³/mol. The van der Waals surface area contributed by atoms with Gasteiger partial charge in [-0.3, -0.25) is 0 Å². The summed E-state index contributed by atoms with van der Waals surface area (Å²) in [5.74, 6) is 0.332. The first-order valence-corrected chi connectivity index (χ1v) is 5.69. The maximum Gasteiger partial charge on any atom is 0.433 e. The molecule has 5 nitrogen and oxygen atoms in total. The number of anilines is 1. The Morgan fingerprint density at radius 1 is 1.11 bits per heavy atom. The first-order valence-electron chi connectivity index (χ1n) is 5.69. The largest absolute Gasteiger partial charge is 0.433 e. The third-order valence-electron chi connectivity index (χ3n) is 2.97. The molecule has 1 fully saturated rings. The van der Waals surface area contributed by atoms with E-state index in [1.165, 1.54) is 6.07 Å². The second kappa shape index (κ2) is 4.22. The zero-order chi connectivity index (χ0) is 13.5. The number of rotatable bonds is 2. The fourth-order valence-electron chi connectivity index (χ4n) is 1.96. The van der Waals surface area contributed by atoms with Crippen LogP contribution in [0.15, 0.2) is 30.6 Å². The Morgan fingerprint density at radius 3 is 2.42 bits per heavy atom. The lowest BCUT2D eigenvalue weighted by atomic mass is 10.1. The van der Waals surface area contributed by atoms with E-state index in [1.54, 1.807) is 28.2 Å². The van der Waals surface area contributed by atoms with Gasteiger partial charge in [-0.2, -0.15) is 28.2 Å². The second-order valence-electron chi connectivity index (χ2n) is 4.29. The van der Waals surface area contributed by atoms with Crippen molar-refractivity contribution < 1.29 is 13.2 Å². The van der Waals surface area contributed by atoms with Crippen LogP contribution in [0.4, 0.5) is 19.0 Å². The van der Waals surface area contributed by atoms with Crippen molar-refractivity contribution in [2.75, 3.05) is 18.0 Å². The average Bonchev–Trinajstić information content (AvgIpc) is 2.80. The molecule has 0 unspecified atom stereocenters. The highest BCUT2D eigenvalue weighted by Crippen LogP contribution is 2.31. The van der Waals surface area contributed by atoms with Crippen LogP contribution in [-0.2, 0) is 6.18 Å². The van der Waals surface area contributed by atoms with E-state index < -0.39 is 11.9 Å². The van der Waals surface area contributed by atoms with Gasteiger partial charge in [0.05, 0.1) is 12.4 Å². The van der Waals surface area contributed by atoms with Crippen LogP contribution in [0.2, 0.25) is 0 Å². The summed E-state index contributed by atoms with van der Waals surface area (Å²) < 4.78 is 37.6. The average molecular weight is 269 g/mol. The first kappa shape index (κ1) is 11.9. The van der Waals surface area contributed by atoms with E-state index in [4.69, 9.17) is 0 Å². The standard InChI is InChI=1S/C11H10F3N5/c12-11(13,14)9-2-1-3-10(17-9)18-6-8(7-18)19-15-4-5-16-19/h1-5,8H,6-7H2. The molecule has 1 saturated heterocycles. The summed E-state index contributed by atoms with van der Waals surface area (Å²) in [7, 11) is 0. The van der Waals surface area contributed by atoms with Crippen molar-refractivity contribution in [1.29, 1.82) is 0 Å². The number of hydrogen-bond donors (Lipinski definition) is 0. The van der Waals surface area contributed by atoms with Crippen LogP contribution in [0.3, 0.4) is 0 Å². The van der Waals surface area contributed by atoms with E-state index in [0.29, 0.717) is 18.9 Å². The van der Waals surface area contributed by atoms with Crippen LogP contribution in [0.5, 0.6) is 0 Å². The summed E-state index contributed by atoms with van der Waals surface area (Å²) in [5.41, 5.74) is -0.870. The normalized spacial score (nSPS) is 16.5.